The second kappa shape index (κ2) is 5.14. The van der Waals surface area contributed by atoms with Gasteiger partial charge < -0.3 is 0 Å². The first-order valence-corrected chi connectivity index (χ1v) is 7.73. The first-order valence-electron chi connectivity index (χ1n) is 5.49. The molecule has 0 aromatic carbocycles. The molecule has 2 atom stereocenters. The molecule has 2 aliphatic rings. The molecule has 90 valence electrons. The fraction of sp³-hybridized carbons (Fsp3) is 0.800. The molecule has 0 spiro atoms. The van der Waals surface area contributed by atoms with E-state index in [2.05, 4.69) is 31.9 Å². The number of nitrogens with zero attached hydrogens (tertiary/aromatic N) is 2. The summed E-state index contributed by atoms with van der Waals surface area (Å²) in [7, 11) is 0. The highest BCUT2D eigenvalue weighted by molar-refractivity contribution is 9.09. The number of halogens is 2. The molecule has 2 rings (SSSR count). The van der Waals surface area contributed by atoms with Crippen LogP contribution in [0.5, 0.6) is 0 Å². The summed E-state index contributed by atoms with van der Waals surface area (Å²) in [6, 6.07) is -0.129. The lowest BCUT2D eigenvalue weighted by Crippen LogP contribution is -2.53. The van der Waals surface area contributed by atoms with Gasteiger partial charge in [0.2, 0.25) is 6.04 Å². The third kappa shape index (κ3) is 1.95. The van der Waals surface area contributed by atoms with Crippen LogP contribution in [-0.4, -0.2) is 37.8 Å². The van der Waals surface area contributed by atoms with E-state index in [1.54, 1.807) is 0 Å². The number of hydroxylamine groups is 2. The Kier molecular flexibility index (Phi) is 4.02. The Balaban J connectivity index is 2.37. The molecule has 0 bridgehead atoms. The van der Waals surface area contributed by atoms with Crippen molar-refractivity contribution < 1.29 is 9.97 Å². The van der Waals surface area contributed by atoms with E-state index < -0.39 is 0 Å². The summed E-state index contributed by atoms with van der Waals surface area (Å²) in [6.45, 7) is 0. The lowest BCUT2D eigenvalue weighted by atomic mass is 9.88. The van der Waals surface area contributed by atoms with Gasteiger partial charge in [0.15, 0.2) is 0 Å². The lowest BCUT2D eigenvalue weighted by molar-refractivity contribution is -0.564. The standard InChI is InChI=1S/C10H15Br2N2O2/c11-5-9-10(6-12)14(16)8-4-2-1-3-7(8)13(9)15/h7-8,15H,1-6H2/q+1/t7-,8-/m1/s1. The largest absolute Gasteiger partial charge is 0.288 e. The number of allylic oxidation sites excluding steroid dienone is 2. The third-order valence-corrected chi connectivity index (χ3v) is 4.50. The van der Waals surface area contributed by atoms with Gasteiger partial charge >= 0.3 is 0 Å². The van der Waals surface area contributed by atoms with Gasteiger partial charge in [0, 0.05) is 16.1 Å². The van der Waals surface area contributed by atoms with Gasteiger partial charge in [0.1, 0.15) is 11.7 Å². The average molecular weight is 355 g/mol. The Bertz CT molecular complexity index is 333. The summed E-state index contributed by atoms with van der Waals surface area (Å²) in [5.74, 6) is 0. The normalized spacial score (nSPS) is 30.7. The number of fused-ring (bicyclic) bond motifs is 1. The zero-order valence-electron chi connectivity index (χ0n) is 8.90. The summed E-state index contributed by atoms with van der Waals surface area (Å²) in [5, 5.41) is 12.4. The third-order valence-electron chi connectivity index (χ3n) is 3.44. The smallest absolute Gasteiger partial charge is 0.265 e. The maximum absolute atomic E-state index is 12.2. The summed E-state index contributed by atoms with van der Waals surface area (Å²) >= 11 is 6.65. The summed E-state index contributed by atoms with van der Waals surface area (Å²) in [4.78, 5) is 12.2. The molecule has 1 aliphatic heterocycles. The van der Waals surface area contributed by atoms with Crippen molar-refractivity contribution in [3.63, 3.8) is 0 Å². The van der Waals surface area contributed by atoms with Crippen molar-refractivity contribution in [2.75, 3.05) is 10.7 Å². The monoisotopic (exact) mass is 353 g/mol. The number of hydrogen-bond donors (Lipinski definition) is 1. The molecule has 0 aromatic heterocycles. The number of alkyl halides is 2. The first kappa shape index (κ1) is 12.5. The van der Waals surface area contributed by atoms with E-state index in [4.69, 9.17) is 0 Å². The minimum atomic E-state index is -0.0888. The molecule has 0 unspecified atom stereocenters. The van der Waals surface area contributed by atoms with Crippen molar-refractivity contribution in [2.45, 2.75) is 37.8 Å². The van der Waals surface area contributed by atoms with Crippen LogP contribution in [0.4, 0.5) is 0 Å². The zero-order valence-corrected chi connectivity index (χ0v) is 12.1. The van der Waals surface area contributed by atoms with Crippen LogP contribution in [0.2, 0.25) is 0 Å². The maximum Gasteiger partial charge on any atom is 0.265 e. The van der Waals surface area contributed by atoms with Crippen molar-refractivity contribution in [3.8, 4) is 0 Å². The van der Waals surface area contributed by atoms with Crippen molar-refractivity contribution in [1.29, 1.82) is 0 Å². The van der Waals surface area contributed by atoms with Crippen LogP contribution in [0, 0.1) is 4.91 Å². The minimum Gasteiger partial charge on any atom is -0.288 e. The van der Waals surface area contributed by atoms with Gasteiger partial charge in [-0.25, -0.2) is 5.06 Å². The second-order valence-electron chi connectivity index (χ2n) is 4.25. The van der Waals surface area contributed by atoms with Crippen molar-refractivity contribution in [2.24, 2.45) is 0 Å². The average Bonchev–Trinajstić information content (AvgIpc) is 2.33. The molecule has 1 saturated carbocycles. The number of hydrogen-bond acceptors (Lipinski definition) is 3. The zero-order chi connectivity index (χ0) is 11.7. The fourth-order valence-corrected chi connectivity index (χ4v) is 3.74. The first-order chi connectivity index (χ1) is 7.70. The molecule has 6 heteroatoms. The summed E-state index contributed by atoms with van der Waals surface area (Å²) in [6.07, 6.45) is 3.93. The van der Waals surface area contributed by atoms with Gasteiger partial charge in [0.05, 0.1) is 10.7 Å². The molecule has 1 heterocycles. The Hall–Kier alpha value is 0.0600. The fourth-order valence-electron chi connectivity index (χ4n) is 2.58. The predicted molar refractivity (Wildman–Crippen MR) is 67.9 cm³/mol. The lowest BCUT2D eigenvalue weighted by Gasteiger charge is -2.36. The van der Waals surface area contributed by atoms with E-state index in [9.17, 15) is 10.1 Å². The number of nitroso groups, excluding NO2 is 1. The van der Waals surface area contributed by atoms with E-state index in [1.165, 1.54) is 5.06 Å². The van der Waals surface area contributed by atoms with Gasteiger partial charge in [-0.3, -0.25) is 5.21 Å². The van der Waals surface area contributed by atoms with E-state index in [0.717, 1.165) is 30.4 Å². The SMILES string of the molecule is O=[N+]1C(CBr)=C(CBr)N(O)[C@@H]2CCCC[C@H]21. The molecular formula is C10H15Br2N2O2+. The highest BCUT2D eigenvalue weighted by Gasteiger charge is 2.48. The van der Waals surface area contributed by atoms with Gasteiger partial charge in [-0.15, -0.1) is 0 Å². The van der Waals surface area contributed by atoms with Gasteiger partial charge in [-0.1, -0.05) is 38.3 Å². The summed E-state index contributed by atoms with van der Waals surface area (Å²) < 4.78 is 1.10. The highest BCUT2D eigenvalue weighted by atomic mass is 79.9. The molecule has 1 aliphatic carbocycles. The Labute approximate surface area is 111 Å². The van der Waals surface area contributed by atoms with E-state index in [0.29, 0.717) is 22.1 Å². The maximum atomic E-state index is 12.2. The second-order valence-corrected chi connectivity index (χ2v) is 5.37. The molecule has 0 saturated heterocycles. The molecule has 1 N–H and O–H groups in total. The van der Waals surface area contributed by atoms with Gasteiger partial charge in [-0.05, 0) is 12.8 Å². The molecule has 0 radical (unpaired) electrons. The Morgan fingerprint density at radius 3 is 2.62 bits per heavy atom. The van der Waals surface area contributed by atoms with Crippen LogP contribution < -0.4 is 0 Å². The molecule has 1 fully saturated rings. The quantitative estimate of drug-likeness (QED) is 0.612. The highest BCUT2D eigenvalue weighted by Crippen LogP contribution is 2.34. The predicted octanol–water partition coefficient (Wildman–Crippen LogP) is 2.78. The van der Waals surface area contributed by atoms with Crippen LogP contribution in [0.25, 0.3) is 0 Å². The molecule has 0 aromatic rings. The van der Waals surface area contributed by atoms with Gasteiger partial charge in [-0.2, -0.15) is 0 Å². The van der Waals surface area contributed by atoms with Crippen molar-refractivity contribution in [3.05, 3.63) is 16.3 Å². The van der Waals surface area contributed by atoms with E-state index in [1.807, 2.05) is 0 Å². The Morgan fingerprint density at radius 2 is 2.00 bits per heavy atom. The van der Waals surface area contributed by atoms with Gasteiger partial charge in [0.25, 0.3) is 5.70 Å². The molecule has 16 heavy (non-hydrogen) atoms. The van der Waals surface area contributed by atoms with E-state index >= 15 is 0 Å². The van der Waals surface area contributed by atoms with Crippen LogP contribution in [0.1, 0.15) is 25.7 Å². The number of rotatable bonds is 2. The van der Waals surface area contributed by atoms with E-state index in [-0.39, 0.29) is 12.1 Å². The molecular weight excluding hydrogens is 340 g/mol. The minimum absolute atomic E-state index is 0.0402. The van der Waals surface area contributed by atoms with Crippen LogP contribution >= 0.6 is 31.9 Å². The molecule has 4 nitrogen and oxygen atoms in total. The topological polar surface area (TPSA) is 43.5 Å². The van der Waals surface area contributed by atoms with Crippen LogP contribution in [0.3, 0.4) is 0 Å². The van der Waals surface area contributed by atoms with Crippen molar-refractivity contribution >= 4 is 31.9 Å². The van der Waals surface area contributed by atoms with Crippen LogP contribution in [-0.2, 0) is 0 Å². The molecule has 0 amide bonds. The summed E-state index contributed by atoms with van der Waals surface area (Å²) in [5.41, 5.74) is 1.33. The van der Waals surface area contributed by atoms with Crippen LogP contribution in [0.15, 0.2) is 11.4 Å². The van der Waals surface area contributed by atoms with Crippen molar-refractivity contribution in [1.82, 2.24) is 5.06 Å². The Morgan fingerprint density at radius 1 is 1.31 bits per heavy atom.